The van der Waals surface area contributed by atoms with Gasteiger partial charge in [0.25, 0.3) is 0 Å². The molecule has 25 heavy (non-hydrogen) atoms. The van der Waals surface area contributed by atoms with Crippen LogP contribution in [0.15, 0.2) is 0 Å². The molecule has 0 rings (SSSR count). The average Bonchev–Trinajstić information content (AvgIpc) is 2.58. The number of aliphatic hydroxyl groups excluding tert-OH is 1. The van der Waals surface area contributed by atoms with E-state index in [9.17, 15) is 9.59 Å². The third kappa shape index (κ3) is 22.1. The molecule has 0 aliphatic carbocycles. The van der Waals surface area contributed by atoms with Crippen LogP contribution in [-0.4, -0.2) is 23.7 Å². The maximum absolute atomic E-state index is 11.2. The van der Waals surface area contributed by atoms with E-state index >= 15 is 0 Å². The molecule has 1 N–H and O–H groups in total. The fourth-order valence-electron chi connectivity index (χ4n) is 2.85. The molecule has 5 heteroatoms. The molecule has 0 aromatic rings. The monoisotopic (exact) mass is 365 g/mol. The molecule has 0 radical (unpaired) electrons. The first-order valence-electron chi connectivity index (χ1n) is 10.0. The van der Waals surface area contributed by atoms with Gasteiger partial charge in [-0.15, -0.1) is 0 Å². The number of hydrogen-bond donors (Lipinski definition) is 1. The fraction of sp³-hybridized carbons (Fsp3) is 0.900. The van der Waals surface area contributed by atoms with E-state index in [2.05, 4.69) is 11.7 Å². The second-order valence-corrected chi connectivity index (χ2v) is 6.70. The Kier molecular flexibility index (Phi) is 24.2. The normalized spacial score (nSPS) is 10.3. The molecule has 0 saturated carbocycles. The van der Waals surface area contributed by atoms with Crippen LogP contribution >= 0.6 is 0 Å². The molecule has 0 amide bonds. The predicted octanol–water partition coefficient (Wildman–Crippen LogP) is 2.31. The Morgan fingerprint density at radius 1 is 0.640 bits per heavy atom. The van der Waals surface area contributed by atoms with Crippen molar-refractivity contribution in [3.8, 4) is 0 Å². The Hall–Kier alpha value is 0.1000. The van der Waals surface area contributed by atoms with Crippen LogP contribution in [0.1, 0.15) is 110 Å². The van der Waals surface area contributed by atoms with Gasteiger partial charge in [0.05, 0.1) is 0 Å². The van der Waals surface area contributed by atoms with Crippen LogP contribution in [0.2, 0.25) is 0 Å². The van der Waals surface area contributed by atoms with E-state index in [1.807, 2.05) is 0 Å². The van der Waals surface area contributed by atoms with Gasteiger partial charge in [0.15, 0.2) is 0 Å². The third-order valence-corrected chi connectivity index (χ3v) is 4.34. The molecule has 0 bridgehead atoms. The van der Waals surface area contributed by atoms with E-state index < -0.39 is 18.5 Å². The first-order valence-corrected chi connectivity index (χ1v) is 10.0. The van der Waals surface area contributed by atoms with Crippen molar-refractivity contribution < 1.29 is 49.0 Å². The summed E-state index contributed by atoms with van der Waals surface area (Å²) in [5.74, 6) is -1.38. The minimum absolute atomic E-state index is 0. The molecule has 0 heterocycles. The molecule has 0 fully saturated rings. The summed E-state index contributed by atoms with van der Waals surface area (Å²) in [4.78, 5) is 21.9. The topological polar surface area (TPSA) is 63.6 Å². The quantitative estimate of drug-likeness (QED) is 0.186. The zero-order valence-electron chi connectivity index (χ0n) is 16.7. The number of unbranched alkanes of at least 4 members (excludes halogenated alkanes) is 14. The van der Waals surface area contributed by atoms with Crippen molar-refractivity contribution in [1.29, 1.82) is 0 Å². The Bertz CT molecular complexity index is 308. The van der Waals surface area contributed by atoms with E-state index in [1.54, 1.807) is 0 Å². The van der Waals surface area contributed by atoms with Crippen molar-refractivity contribution in [3.63, 3.8) is 0 Å². The number of ether oxygens (including phenoxy) is 1. The van der Waals surface area contributed by atoms with Crippen LogP contribution < -0.4 is 29.6 Å². The van der Waals surface area contributed by atoms with E-state index in [-0.39, 0.29) is 36.0 Å². The summed E-state index contributed by atoms with van der Waals surface area (Å²) < 4.78 is 4.39. The molecule has 0 unspecified atom stereocenters. The molecular formula is C20H38NaO4+. The maximum Gasteiger partial charge on any atom is 1.00 e. The Balaban J connectivity index is 0. The van der Waals surface area contributed by atoms with Crippen molar-refractivity contribution in [2.45, 2.75) is 110 Å². The van der Waals surface area contributed by atoms with Crippen LogP contribution in [0.3, 0.4) is 0 Å². The largest absolute Gasteiger partial charge is 1.00 e. The maximum atomic E-state index is 11.2. The molecule has 0 atom stereocenters. The van der Waals surface area contributed by atoms with Crippen LogP contribution in [0.4, 0.5) is 0 Å². The minimum atomic E-state index is -0.860. The molecule has 4 nitrogen and oxygen atoms in total. The Morgan fingerprint density at radius 2 is 1.00 bits per heavy atom. The SMILES string of the molecule is CCCCCCCCCCCCCCCCCC(=O)OC(=O)CO.[Na+]. The van der Waals surface area contributed by atoms with Crippen LogP contribution in [0.5, 0.6) is 0 Å². The number of carbonyl (C=O) groups is 2. The van der Waals surface area contributed by atoms with Gasteiger partial charge in [-0.1, -0.05) is 96.8 Å². The average molecular weight is 366 g/mol. The van der Waals surface area contributed by atoms with Crippen molar-refractivity contribution >= 4 is 11.9 Å². The summed E-state index contributed by atoms with van der Waals surface area (Å²) in [6, 6.07) is 0. The van der Waals surface area contributed by atoms with Gasteiger partial charge in [-0.25, -0.2) is 4.79 Å². The van der Waals surface area contributed by atoms with Gasteiger partial charge in [-0.3, -0.25) is 4.79 Å². The Labute approximate surface area is 176 Å². The summed E-state index contributed by atoms with van der Waals surface area (Å²) in [7, 11) is 0. The fourth-order valence-corrected chi connectivity index (χ4v) is 2.85. The standard InChI is InChI=1S/C20H38O4.Na/c1-2-3-4-5-6-7-8-9-10-11-12-13-14-15-16-17-19(22)24-20(23)18-21;/h21H,2-18H2,1H3;/q;+1. The van der Waals surface area contributed by atoms with Crippen LogP contribution in [-0.2, 0) is 14.3 Å². The van der Waals surface area contributed by atoms with Crippen molar-refractivity contribution in [1.82, 2.24) is 0 Å². The van der Waals surface area contributed by atoms with Gasteiger partial charge in [0.1, 0.15) is 6.61 Å². The van der Waals surface area contributed by atoms with Crippen molar-refractivity contribution in [3.05, 3.63) is 0 Å². The minimum Gasteiger partial charge on any atom is -0.391 e. The molecule has 0 saturated heterocycles. The second-order valence-electron chi connectivity index (χ2n) is 6.70. The first-order chi connectivity index (χ1) is 11.7. The molecule has 0 aromatic heterocycles. The summed E-state index contributed by atoms with van der Waals surface area (Å²) in [6.45, 7) is 1.53. The van der Waals surface area contributed by atoms with Crippen LogP contribution in [0, 0.1) is 0 Å². The van der Waals surface area contributed by atoms with Crippen molar-refractivity contribution in [2.24, 2.45) is 0 Å². The van der Waals surface area contributed by atoms with Gasteiger partial charge in [0.2, 0.25) is 0 Å². The number of rotatable bonds is 17. The summed E-state index contributed by atoms with van der Waals surface area (Å²) in [5, 5.41) is 8.46. The molecule has 142 valence electrons. The number of hydrogen-bond acceptors (Lipinski definition) is 4. The smallest absolute Gasteiger partial charge is 0.391 e. The van der Waals surface area contributed by atoms with Gasteiger partial charge >= 0.3 is 41.5 Å². The van der Waals surface area contributed by atoms with E-state index in [4.69, 9.17) is 5.11 Å². The first kappa shape index (κ1) is 27.3. The summed E-state index contributed by atoms with van der Waals surface area (Å²) in [6.07, 6.45) is 19.5. The van der Waals surface area contributed by atoms with E-state index in [0.717, 1.165) is 19.3 Å². The molecule has 0 spiro atoms. The van der Waals surface area contributed by atoms with Gasteiger partial charge < -0.3 is 9.84 Å². The van der Waals surface area contributed by atoms with E-state index in [0.29, 0.717) is 0 Å². The van der Waals surface area contributed by atoms with Crippen LogP contribution in [0.25, 0.3) is 0 Å². The van der Waals surface area contributed by atoms with Crippen molar-refractivity contribution in [2.75, 3.05) is 6.61 Å². The third-order valence-electron chi connectivity index (χ3n) is 4.34. The summed E-state index contributed by atoms with van der Waals surface area (Å²) >= 11 is 0. The van der Waals surface area contributed by atoms with E-state index in [1.165, 1.54) is 77.0 Å². The van der Waals surface area contributed by atoms with Gasteiger partial charge in [0, 0.05) is 6.42 Å². The zero-order valence-corrected chi connectivity index (χ0v) is 18.7. The number of carbonyl (C=O) groups excluding carboxylic acids is 2. The summed E-state index contributed by atoms with van der Waals surface area (Å²) in [5.41, 5.74) is 0. The zero-order chi connectivity index (χ0) is 17.9. The van der Waals surface area contributed by atoms with Gasteiger partial charge in [-0.2, -0.15) is 0 Å². The number of aliphatic hydroxyl groups is 1. The van der Waals surface area contributed by atoms with Gasteiger partial charge in [-0.05, 0) is 6.42 Å². The molecule has 0 aromatic carbocycles. The Morgan fingerprint density at radius 3 is 1.36 bits per heavy atom. The second kappa shape index (κ2) is 22.1. The molecular weight excluding hydrogens is 327 g/mol. The molecule has 0 aliphatic rings. The predicted molar refractivity (Wildman–Crippen MR) is 97.7 cm³/mol. The molecule has 0 aliphatic heterocycles. The number of esters is 2.